The molecule has 6 heteroatoms. The van der Waals surface area contributed by atoms with Crippen LogP contribution in [0.1, 0.15) is 95.1 Å². The molecular weight excluding hydrogens is 504 g/mol. The Morgan fingerprint density at radius 1 is 1.07 bits per heavy atom. The Balaban J connectivity index is 1.70. The average molecular weight is 543 g/mol. The number of hydrogen-bond donors (Lipinski definition) is 2. The van der Waals surface area contributed by atoms with E-state index in [0.717, 1.165) is 36.8 Å². The highest BCUT2D eigenvalue weighted by molar-refractivity contribution is 6.27. The lowest BCUT2D eigenvalue weighted by Crippen LogP contribution is -2.73. The van der Waals surface area contributed by atoms with Crippen LogP contribution in [-0.2, 0) is 20.8 Å². The van der Waals surface area contributed by atoms with Crippen molar-refractivity contribution in [2.45, 2.75) is 85.7 Å². The molecule has 1 fully saturated rings. The third kappa shape index (κ3) is 3.74. The van der Waals surface area contributed by atoms with Gasteiger partial charge in [0.25, 0.3) is 0 Å². The Morgan fingerprint density at radius 3 is 2.38 bits per heavy atom. The highest BCUT2D eigenvalue weighted by atomic mass is 16.3. The van der Waals surface area contributed by atoms with Gasteiger partial charge in [-0.3, -0.25) is 19.2 Å². The normalized spacial score (nSPS) is 33.5. The van der Waals surface area contributed by atoms with Crippen LogP contribution in [0.4, 0.5) is 0 Å². The summed E-state index contributed by atoms with van der Waals surface area (Å²) in [4.78, 5) is 55.1. The number of phenols is 1. The monoisotopic (exact) mass is 542 g/mol. The van der Waals surface area contributed by atoms with Crippen molar-refractivity contribution in [1.29, 1.82) is 0 Å². The zero-order valence-corrected chi connectivity index (χ0v) is 24.2. The molecule has 0 bridgehead atoms. The van der Waals surface area contributed by atoms with Gasteiger partial charge in [0.15, 0.2) is 23.0 Å². The van der Waals surface area contributed by atoms with Gasteiger partial charge in [0.2, 0.25) is 0 Å². The van der Waals surface area contributed by atoms with Crippen molar-refractivity contribution in [3.05, 3.63) is 51.6 Å². The van der Waals surface area contributed by atoms with E-state index in [1.54, 1.807) is 19.9 Å². The number of fused-ring (bicyclic) bond motifs is 3. The van der Waals surface area contributed by atoms with E-state index in [0.29, 0.717) is 16.7 Å². The number of hydrogen-bond acceptors (Lipinski definition) is 6. The average Bonchev–Trinajstić information content (AvgIpc) is 2.86. The summed E-state index contributed by atoms with van der Waals surface area (Å²) in [6, 6.07) is 3.14. The summed E-state index contributed by atoms with van der Waals surface area (Å²) in [6.07, 6.45) is 6.75. The topological polar surface area (TPSA) is 109 Å². The Morgan fingerprint density at radius 2 is 1.77 bits per heavy atom. The Bertz CT molecular complexity index is 1500. The summed E-state index contributed by atoms with van der Waals surface area (Å²) < 4.78 is 0. The van der Waals surface area contributed by atoms with Gasteiger partial charge in [0.05, 0.1) is 11.5 Å². The van der Waals surface area contributed by atoms with E-state index < -0.39 is 51.4 Å². The largest absolute Gasteiger partial charge is 0.507 e. The number of aliphatic hydroxyl groups is 1. The molecule has 2 unspecified atom stereocenters. The van der Waals surface area contributed by atoms with Crippen LogP contribution in [0.15, 0.2) is 34.9 Å². The van der Waals surface area contributed by atoms with Crippen LogP contribution in [0.25, 0.3) is 0 Å². The first-order valence-corrected chi connectivity index (χ1v) is 14.3. The molecule has 4 aliphatic rings. The molecule has 40 heavy (non-hydrogen) atoms. The summed E-state index contributed by atoms with van der Waals surface area (Å²) in [5, 5.41) is 23.0. The van der Waals surface area contributed by atoms with Gasteiger partial charge in [-0.2, -0.15) is 0 Å². The van der Waals surface area contributed by atoms with Crippen molar-refractivity contribution in [1.82, 2.24) is 0 Å². The number of aromatic hydroxyl groups is 1. The zero-order valence-electron chi connectivity index (χ0n) is 24.2. The lowest BCUT2D eigenvalue weighted by atomic mass is 9.41. The molecule has 1 aromatic rings. The molecule has 0 aliphatic heterocycles. The van der Waals surface area contributed by atoms with E-state index in [9.17, 15) is 29.4 Å². The van der Waals surface area contributed by atoms with E-state index in [4.69, 9.17) is 0 Å². The third-order valence-corrected chi connectivity index (χ3v) is 9.96. The van der Waals surface area contributed by atoms with Crippen LogP contribution in [0.3, 0.4) is 0 Å². The minimum atomic E-state index is -2.53. The fourth-order valence-electron chi connectivity index (χ4n) is 8.56. The number of rotatable bonds is 2. The van der Waals surface area contributed by atoms with E-state index in [-0.39, 0.29) is 30.1 Å². The molecule has 5 atom stereocenters. The van der Waals surface area contributed by atoms with Crippen LogP contribution in [-0.4, -0.2) is 38.9 Å². The van der Waals surface area contributed by atoms with Crippen LogP contribution in [0, 0.1) is 40.4 Å². The van der Waals surface area contributed by atoms with Crippen molar-refractivity contribution < 1.29 is 29.4 Å². The molecular formula is C34H38O6. The molecule has 0 heterocycles. The molecule has 210 valence electrons. The molecule has 2 N–H and O–H groups in total. The molecule has 4 aliphatic carbocycles. The van der Waals surface area contributed by atoms with Crippen molar-refractivity contribution in [2.75, 3.05) is 0 Å². The fourth-order valence-corrected chi connectivity index (χ4v) is 8.56. The molecule has 0 spiro atoms. The quantitative estimate of drug-likeness (QED) is 0.307. The molecule has 1 aromatic carbocycles. The van der Waals surface area contributed by atoms with Crippen molar-refractivity contribution in [3.63, 3.8) is 0 Å². The maximum atomic E-state index is 14.4. The predicted molar refractivity (Wildman–Crippen MR) is 151 cm³/mol. The van der Waals surface area contributed by atoms with Gasteiger partial charge in [0, 0.05) is 11.0 Å². The Labute approximate surface area is 235 Å². The highest BCUT2D eigenvalue weighted by Crippen LogP contribution is 2.64. The summed E-state index contributed by atoms with van der Waals surface area (Å²) in [6.45, 7) is 10.5. The minimum Gasteiger partial charge on any atom is -0.507 e. The first-order chi connectivity index (χ1) is 18.7. The summed E-state index contributed by atoms with van der Waals surface area (Å²) in [5.41, 5.74) is -1.13. The third-order valence-electron chi connectivity index (χ3n) is 9.96. The second-order valence-electron chi connectivity index (χ2n) is 13.1. The number of Topliss-reactive ketones (excluding diaryl/α,β-unsaturated/α-hetero) is 4. The van der Waals surface area contributed by atoms with Gasteiger partial charge < -0.3 is 10.2 Å². The number of carbonyl (C=O) groups excluding carboxylic acids is 4. The predicted octanol–water partition coefficient (Wildman–Crippen LogP) is 5.08. The SMILES string of the molecule is CC(=O)C1C(=O)[C@@]2(O)C(=O)C3C(=O)c4c(O)ccc(C#CC5=CCCCC5)c4C[C@@]3(C)C[C@@]2(C)C(C(C)C)=C1C. The second-order valence-corrected chi connectivity index (χ2v) is 13.1. The summed E-state index contributed by atoms with van der Waals surface area (Å²) in [5.74, 6) is 0.750. The highest BCUT2D eigenvalue weighted by Gasteiger charge is 2.73. The number of benzene rings is 1. The van der Waals surface area contributed by atoms with Gasteiger partial charge in [-0.05, 0) is 87.0 Å². The van der Waals surface area contributed by atoms with Gasteiger partial charge >= 0.3 is 0 Å². The first kappa shape index (κ1) is 28.2. The van der Waals surface area contributed by atoms with Crippen LogP contribution < -0.4 is 0 Å². The number of carbonyl (C=O) groups is 4. The lowest BCUT2D eigenvalue weighted by molar-refractivity contribution is -0.183. The summed E-state index contributed by atoms with van der Waals surface area (Å²) >= 11 is 0. The Kier molecular flexibility index (Phi) is 6.62. The van der Waals surface area contributed by atoms with Crippen molar-refractivity contribution in [3.8, 4) is 17.6 Å². The van der Waals surface area contributed by atoms with Crippen LogP contribution >= 0.6 is 0 Å². The first-order valence-electron chi connectivity index (χ1n) is 14.3. The lowest BCUT2D eigenvalue weighted by Gasteiger charge is -2.60. The minimum absolute atomic E-state index is 0.0367. The number of phenolic OH excluding ortho intramolecular Hbond substituents is 1. The van der Waals surface area contributed by atoms with E-state index in [1.807, 2.05) is 20.8 Å². The molecule has 1 saturated carbocycles. The standard InChI is InChI=1S/C34H38O6/c1-18(2)27-19(3)25(20(4)35)30(38)34(40)31(39)28-29(37)26-23(16-32(28,5)17-33(27,34)6)22(14-15-24(26)36)13-12-21-10-8-7-9-11-21/h10,14-15,18,25,28,36,40H,7-9,11,16-17H2,1-6H3/t25?,28?,32-,33-,34+/m0/s1. The smallest absolute Gasteiger partial charge is 0.192 e. The summed E-state index contributed by atoms with van der Waals surface area (Å²) in [7, 11) is 0. The van der Waals surface area contributed by atoms with E-state index >= 15 is 0 Å². The maximum Gasteiger partial charge on any atom is 0.192 e. The van der Waals surface area contributed by atoms with Gasteiger partial charge in [-0.1, -0.05) is 56.8 Å². The van der Waals surface area contributed by atoms with Crippen molar-refractivity contribution >= 4 is 23.1 Å². The molecule has 6 nitrogen and oxygen atoms in total. The molecule has 0 aromatic heterocycles. The molecule has 0 amide bonds. The number of allylic oxidation sites excluding steroid dienone is 3. The van der Waals surface area contributed by atoms with Crippen LogP contribution in [0.5, 0.6) is 5.75 Å². The van der Waals surface area contributed by atoms with Crippen LogP contribution in [0.2, 0.25) is 0 Å². The van der Waals surface area contributed by atoms with Gasteiger partial charge in [-0.25, -0.2) is 0 Å². The zero-order chi connectivity index (χ0) is 29.4. The van der Waals surface area contributed by atoms with E-state index in [2.05, 4.69) is 17.9 Å². The van der Waals surface area contributed by atoms with Gasteiger partial charge in [0.1, 0.15) is 17.5 Å². The maximum absolute atomic E-state index is 14.4. The second kappa shape index (κ2) is 9.38. The molecule has 0 radical (unpaired) electrons. The van der Waals surface area contributed by atoms with Gasteiger partial charge in [-0.15, -0.1) is 0 Å². The molecule has 5 rings (SSSR count). The van der Waals surface area contributed by atoms with Crippen molar-refractivity contribution in [2.24, 2.45) is 28.6 Å². The van der Waals surface area contributed by atoms with E-state index in [1.165, 1.54) is 13.0 Å². The fraction of sp³-hybridized carbons (Fsp3) is 0.529. The Hall–Kier alpha value is -3.30. The molecule has 0 saturated heterocycles. The number of ketones is 4.